The summed E-state index contributed by atoms with van der Waals surface area (Å²) in [7, 11) is 0. The number of nitrogen functional groups attached to an aromatic ring is 1. The van der Waals surface area contributed by atoms with Crippen molar-refractivity contribution in [1.82, 2.24) is 15.3 Å². The SMILES string of the molecule is Nc1nc2c(c(N3CCCCNCCC3)n1)CCCC2c1ccccc1. The molecular formula is C21H29N5. The Morgan fingerprint density at radius 1 is 0.962 bits per heavy atom. The van der Waals surface area contributed by atoms with Gasteiger partial charge in [0.25, 0.3) is 0 Å². The Kier molecular flexibility index (Phi) is 5.34. The van der Waals surface area contributed by atoms with Crippen molar-refractivity contribution in [3.8, 4) is 0 Å². The molecule has 5 heteroatoms. The highest BCUT2D eigenvalue weighted by Gasteiger charge is 2.28. The van der Waals surface area contributed by atoms with Gasteiger partial charge in [-0.15, -0.1) is 0 Å². The zero-order chi connectivity index (χ0) is 17.8. The normalized spacial score (nSPS) is 21.4. The fourth-order valence-electron chi connectivity index (χ4n) is 4.32. The van der Waals surface area contributed by atoms with Gasteiger partial charge in [-0.2, -0.15) is 4.98 Å². The molecule has 1 aromatic carbocycles. The number of anilines is 2. The van der Waals surface area contributed by atoms with E-state index in [2.05, 4.69) is 40.5 Å². The van der Waals surface area contributed by atoms with Crippen molar-refractivity contribution in [2.75, 3.05) is 36.8 Å². The molecule has 4 rings (SSSR count). The van der Waals surface area contributed by atoms with Crippen LogP contribution in [0.25, 0.3) is 0 Å². The van der Waals surface area contributed by atoms with Gasteiger partial charge in [0.1, 0.15) is 5.82 Å². The van der Waals surface area contributed by atoms with Crippen LogP contribution >= 0.6 is 0 Å². The summed E-state index contributed by atoms with van der Waals surface area (Å²) in [6.07, 6.45) is 6.92. The van der Waals surface area contributed by atoms with Gasteiger partial charge < -0.3 is 16.0 Å². The van der Waals surface area contributed by atoms with Crippen LogP contribution in [0, 0.1) is 0 Å². The largest absolute Gasteiger partial charge is 0.368 e. The summed E-state index contributed by atoms with van der Waals surface area (Å²) >= 11 is 0. The monoisotopic (exact) mass is 351 g/mol. The van der Waals surface area contributed by atoms with E-state index in [0.29, 0.717) is 11.9 Å². The molecule has 2 aliphatic rings. The van der Waals surface area contributed by atoms with E-state index in [0.717, 1.165) is 57.0 Å². The van der Waals surface area contributed by atoms with Gasteiger partial charge in [0.15, 0.2) is 0 Å². The summed E-state index contributed by atoms with van der Waals surface area (Å²) in [6, 6.07) is 10.7. The summed E-state index contributed by atoms with van der Waals surface area (Å²) < 4.78 is 0. The zero-order valence-electron chi connectivity index (χ0n) is 15.5. The lowest BCUT2D eigenvalue weighted by Crippen LogP contribution is -2.30. The summed E-state index contributed by atoms with van der Waals surface area (Å²) in [4.78, 5) is 11.9. The van der Waals surface area contributed by atoms with Crippen LogP contribution in [0.5, 0.6) is 0 Å². The number of hydrogen-bond donors (Lipinski definition) is 2. The van der Waals surface area contributed by atoms with E-state index in [1.807, 2.05) is 0 Å². The molecule has 1 saturated heterocycles. The van der Waals surface area contributed by atoms with Gasteiger partial charge in [-0.1, -0.05) is 30.3 Å². The molecule has 0 saturated carbocycles. The summed E-state index contributed by atoms with van der Waals surface area (Å²) in [6.45, 7) is 4.28. The van der Waals surface area contributed by atoms with Crippen LogP contribution in [-0.2, 0) is 6.42 Å². The summed E-state index contributed by atoms with van der Waals surface area (Å²) in [5, 5.41) is 3.52. The Morgan fingerprint density at radius 2 is 1.77 bits per heavy atom. The van der Waals surface area contributed by atoms with E-state index >= 15 is 0 Å². The van der Waals surface area contributed by atoms with Gasteiger partial charge in [-0.3, -0.25) is 0 Å². The summed E-state index contributed by atoms with van der Waals surface area (Å²) in [5.41, 5.74) is 9.99. The molecule has 0 radical (unpaired) electrons. The third-order valence-corrected chi connectivity index (χ3v) is 5.60. The molecule has 1 aliphatic carbocycles. The Labute approximate surface area is 156 Å². The Morgan fingerprint density at radius 3 is 2.65 bits per heavy atom. The first-order valence-electron chi connectivity index (χ1n) is 10.00. The molecule has 1 fully saturated rings. The topological polar surface area (TPSA) is 67.1 Å². The fourth-order valence-corrected chi connectivity index (χ4v) is 4.32. The Hall–Kier alpha value is -2.14. The van der Waals surface area contributed by atoms with Crippen LogP contribution in [0.1, 0.15) is 54.8 Å². The molecule has 1 aromatic heterocycles. The zero-order valence-corrected chi connectivity index (χ0v) is 15.5. The number of fused-ring (bicyclic) bond motifs is 1. The van der Waals surface area contributed by atoms with E-state index in [4.69, 9.17) is 15.7 Å². The third-order valence-electron chi connectivity index (χ3n) is 5.60. The predicted octanol–water partition coefficient (Wildman–Crippen LogP) is 3.11. The van der Waals surface area contributed by atoms with Crippen LogP contribution in [0.3, 0.4) is 0 Å². The molecular weight excluding hydrogens is 322 g/mol. The molecule has 26 heavy (non-hydrogen) atoms. The molecule has 0 spiro atoms. The smallest absolute Gasteiger partial charge is 0.222 e. The van der Waals surface area contributed by atoms with Crippen molar-refractivity contribution in [1.29, 1.82) is 0 Å². The minimum Gasteiger partial charge on any atom is -0.368 e. The first-order chi connectivity index (χ1) is 12.8. The van der Waals surface area contributed by atoms with E-state index < -0.39 is 0 Å². The van der Waals surface area contributed by atoms with Crippen LogP contribution in [0.2, 0.25) is 0 Å². The van der Waals surface area contributed by atoms with Gasteiger partial charge in [-0.25, -0.2) is 4.98 Å². The lowest BCUT2D eigenvalue weighted by molar-refractivity contribution is 0.590. The second-order valence-electron chi connectivity index (χ2n) is 7.42. The van der Waals surface area contributed by atoms with Crippen molar-refractivity contribution in [2.45, 2.75) is 44.4 Å². The van der Waals surface area contributed by atoms with E-state index in [1.165, 1.54) is 30.4 Å². The number of benzene rings is 1. The minimum atomic E-state index is 0.336. The van der Waals surface area contributed by atoms with E-state index in [-0.39, 0.29) is 0 Å². The summed E-state index contributed by atoms with van der Waals surface area (Å²) in [5.74, 6) is 1.85. The number of nitrogens with zero attached hydrogens (tertiary/aromatic N) is 3. The van der Waals surface area contributed by atoms with Gasteiger partial charge in [0.05, 0.1) is 5.69 Å². The molecule has 2 heterocycles. The maximum Gasteiger partial charge on any atom is 0.222 e. The second kappa shape index (κ2) is 8.04. The average molecular weight is 351 g/mol. The number of rotatable bonds is 2. The lowest BCUT2D eigenvalue weighted by Gasteiger charge is -2.31. The van der Waals surface area contributed by atoms with Crippen LogP contribution in [0.15, 0.2) is 30.3 Å². The minimum absolute atomic E-state index is 0.336. The molecule has 1 aliphatic heterocycles. The number of aromatic nitrogens is 2. The number of hydrogen-bond acceptors (Lipinski definition) is 5. The van der Waals surface area contributed by atoms with Crippen molar-refractivity contribution in [3.63, 3.8) is 0 Å². The standard InChI is InChI=1S/C21H29N5/c22-21-24-19-17(16-8-2-1-3-9-16)10-6-11-18(19)20(25-21)26-14-5-4-12-23-13-7-15-26/h1-3,8-9,17,23H,4-7,10-15H2,(H2,22,24,25). The first-order valence-corrected chi connectivity index (χ1v) is 10.00. The maximum absolute atomic E-state index is 6.17. The average Bonchev–Trinajstić information content (AvgIpc) is 2.81. The first kappa shape index (κ1) is 17.3. The van der Waals surface area contributed by atoms with E-state index in [9.17, 15) is 0 Å². The van der Waals surface area contributed by atoms with Crippen LogP contribution < -0.4 is 16.0 Å². The highest BCUT2D eigenvalue weighted by atomic mass is 15.2. The van der Waals surface area contributed by atoms with Crippen molar-refractivity contribution in [2.24, 2.45) is 0 Å². The fraction of sp³-hybridized carbons (Fsp3) is 0.524. The van der Waals surface area contributed by atoms with Crippen molar-refractivity contribution >= 4 is 11.8 Å². The molecule has 1 atom stereocenters. The molecule has 1 unspecified atom stereocenters. The van der Waals surface area contributed by atoms with Gasteiger partial charge in [-0.05, 0) is 57.2 Å². The van der Waals surface area contributed by atoms with Crippen molar-refractivity contribution in [3.05, 3.63) is 47.2 Å². The highest BCUT2D eigenvalue weighted by Crippen LogP contribution is 2.39. The molecule has 2 aromatic rings. The quantitative estimate of drug-likeness (QED) is 0.870. The molecule has 138 valence electrons. The number of nitrogens with one attached hydrogen (secondary N) is 1. The number of nitrogens with two attached hydrogens (primary N) is 1. The van der Waals surface area contributed by atoms with Crippen molar-refractivity contribution < 1.29 is 0 Å². The van der Waals surface area contributed by atoms with E-state index in [1.54, 1.807) is 0 Å². The molecule has 0 amide bonds. The lowest BCUT2D eigenvalue weighted by atomic mass is 9.82. The maximum atomic E-state index is 6.17. The van der Waals surface area contributed by atoms with Crippen LogP contribution in [-0.4, -0.2) is 36.1 Å². The van der Waals surface area contributed by atoms with Gasteiger partial charge in [0.2, 0.25) is 5.95 Å². The Balaban J connectivity index is 1.71. The van der Waals surface area contributed by atoms with Crippen LogP contribution in [0.4, 0.5) is 11.8 Å². The van der Waals surface area contributed by atoms with Gasteiger partial charge >= 0.3 is 0 Å². The molecule has 5 nitrogen and oxygen atoms in total. The highest BCUT2D eigenvalue weighted by molar-refractivity contribution is 5.55. The van der Waals surface area contributed by atoms with Gasteiger partial charge in [0, 0.05) is 24.6 Å². The third kappa shape index (κ3) is 3.68. The molecule has 3 N–H and O–H groups in total. The second-order valence-corrected chi connectivity index (χ2v) is 7.42. The Bertz CT molecular complexity index is 721. The molecule has 0 bridgehead atoms. The predicted molar refractivity (Wildman–Crippen MR) is 107 cm³/mol.